The van der Waals surface area contributed by atoms with Gasteiger partial charge in [0.25, 0.3) is 0 Å². The molecule has 1 heterocycles. The number of rotatable bonds is 7. The van der Waals surface area contributed by atoms with Gasteiger partial charge in [-0.05, 0) is 35.9 Å². The van der Waals surface area contributed by atoms with Gasteiger partial charge in [0.15, 0.2) is 11.5 Å². The fourth-order valence-electron chi connectivity index (χ4n) is 2.57. The van der Waals surface area contributed by atoms with E-state index in [4.69, 9.17) is 20.4 Å². The normalized spacial score (nSPS) is 10.5. The van der Waals surface area contributed by atoms with Crippen LogP contribution in [0.4, 0.5) is 5.69 Å². The fraction of sp³-hybridized carbons (Fsp3) is 0.136. The number of nitrogens with one attached hydrogen (secondary N) is 1. The van der Waals surface area contributed by atoms with Gasteiger partial charge in [0.05, 0.1) is 12.8 Å². The van der Waals surface area contributed by atoms with Crippen molar-refractivity contribution in [1.29, 1.82) is 0 Å². The van der Waals surface area contributed by atoms with E-state index in [9.17, 15) is 4.79 Å². The molecular formula is C22H19N3O4. The lowest BCUT2D eigenvalue weighted by Gasteiger charge is -2.09. The Bertz CT molecular complexity index is 1080. The Morgan fingerprint density at radius 2 is 2.10 bits per heavy atom. The largest absolute Gasteiger partial charge is 0.493 e. The summed E-state index contributed by atoms with van der Waals surface area (Å²) < 4.78 is 15.7. The lowest BCUT2D eigenvalue weighted by molar-refractivity contribution is -0.111. The fourth-order valence-corrected chi connectivity index (χ4v) is 2.57. The van der Waals surface area contributed by atoms with Crippen molar-refractivity contribution in [2.45, 2.75) is 6.92 Å². The molecule has 0 saturated heterocycles. The minimum atomic E-state index is -0.302. The van der Waals surface area contributed by atoms with E-state index >= 15 is 0 Å². The highest BCUT2D eigenvalue weighted by Gasteiger charge is 2.12. The van der Waals surface area contributed by atoms with Crippen molar-refractivity contribution in [1.82, 2.24) is 10.1 Å². The van der Waals surface area contributed by atoms with Crippen LogP contribution in [0, 0.1) is 19.3 Å². The van der Waals surface area contributed by atoms with Gasteiger partial charge < -0.3 is 19.3 Å². The van der Waals surface area contributed by atoms with E-state index in [1.807, 2.05) is 18.2 Å². The number of terminal acetylenes is 1. The molecule has 0 atom stereocenters. The number of anilines is 1. The van der Waals surface area contributed by atoms with Crippen LogP contribution in [-0.2, 0) is 4.79 Å². The first-order valence-electron chi connectivity index (χ1n) is 8.74. The summed E-state index contributed by atoms with van der Waals surface area (Å²) in [6, 6.07) is 12.5. The highest BCUT2D eigenvalue weighted by atomic mass is 16.5. The first kappa shape index (κ1) is 19.7. The molecular weight excluding hydrogens is 370 g/mol. The number of carbonyl (C=O) groups excluding carboxylic acids is 1. The predicted octanol–water partition coefficient (Wildman–Crippen LogP) is 3.72. The number of carbonyl (C=O) groups is 1. The summed E-state index contributed by atoms with van der Waals surface area (Å²) in [4.78, 5) is 16.6. The summed E-state index contributed by atoms with van der Waals surface area (Å²) in [6.45, 7) is 1.85. The lowest BCUT2D eigenvalue weighted by atomic mass is 10.1. The van der Waals surface area contributed by atoms with E-state index < -0.39 is 0 Å². The molecule has 0 spiro atoms. The Hall–Kier alpha value is -4.05. The second-order valence-corrected chi connectivity index (χ2v) is 5.91. The van der Waals surface area contributed by atoms with Crippen LogP contribution in [0.25, 0.3) is 17.5 Å². The Morgan fingerprint density at radius 3 is 2.83 bits per heavy atom. The molecule has 0 radical (unpaired) electrons. The Balaban J connectivity index is 1.73. The number of aryl methyl sites for hydroxylation is 1. The molecule has 0 aliphatic rings. The third-order valence-corrected chi connectivity index (χ3v) is 3.88. The number of hydrogen-bond donors (Lipinski definition) is 1. The monoisotopic (exact) mass is 389 g/mol. The van der Waals surface area contributed by atoms with Crippen LogP contribution in [0.1, 0.15) is 11.5 Å². The molecule has 3 rings (SSSR count). The average Bonchev–Trinajstić information content (AvgIpc) is 3.17. The minimum Gasteiger partial charge on any atom is -0.493 e. The summed E-state index contributed by atoms with van der Waals surface area (Å²) in [7, 11) is 1.54. The molecule has 0 aliphatic carbocycles. The molecule has 0 aliphatic heterocycles. The van der Waals surface area contributed by atoms with Gasteiger partial charge in [0.1, 0.15) is 6.61 Å². The van der Waals surface area contributed by atoms with Crippen molar-refractivity contribution in [3.63, 3.8) is 0 Å². The summed E-state index contributed by atoms with van der Waals surface area (Å²) in [5.74, 6) is 4.03. The van der Waals surface area contributed by atoms with Crippen LogP contribution in [-0.4, -0.2) is 29.8 Å². The van der Waals surface area contributed by atoms with Crippen molar-refractivity contribution >= 4 is 17.7 Å². The highest BCUT2D eigenvalue weighted by molar-refractivity contribution is 6.03. The SMILES string of the molecule is C#CCOc1ccc(/C=C/C(=O)Nc2ccccc2-c2noc(C)n2)cc1OC. The molecule has 0 unspecified atom stereocenters. The molecule has 1 N–H and O–H groups in total. The number of amides is 1. The Morgan fingerprint density at radius 1 is 1.28 bits per heavy atom. The van der Waals surface area contributed by atoms with Gasteiger partial charge in [-0.2, -0.15) is 4.98 Å². The Kier molecular flexibility index (Phi) is 6.28. The molecule has 29 heavy (non-hydrogen) atoms. The third-order valence-electron chi connectivity index (χ3n) is 3.88. The smallest absolute Gasteiger partial charge is 0.248 e. The first-order valence-corrected chi connectivity index (χ1v) is 8.74. The van der Waals surface area contributed by atoms with Crippen LogP contribution in [0.3, 0.4) is 0 Å². The van der Waals surface area contributed by atoms with Crippen molar-refractivity contribution < 1.29 is 18.8 Å². The van der Waals surface area contributed by atoms with Gasteiger partial charge in [0.2, 0.25) is 17.6 Å². The van der Waals surface area contributed by atoms with Crippen LogP contribution in [0.5, 0.6) is 11.5 Å². The zero-order valence-electron chi connectivity index (χ0n) is 16.0. The summed E-state index contributed by atoms with van der Waals surface area (Å²) >= 11 is 0. The van der Waals surface area contributed by atoms with Gasteiger partial charge >= 0.3 is 0 Å². The van der Waals surface area contributed by atoms with Crippen LogP contribution < -0.4 is 14.8 Å². The lowest BCUT2D eigenvalue weighted by Crippen LogP contribution is -2.09. The van der Waals surface area contributed by atoms with Crippen LogP contribution in [0.15, 0.2) is 53.1 Å². The van der Waals surface area contributed by atoms with Crippen molar-refractivity contribution in [2.24, 2.45) is 0 Å². The minimum absolute atomic E-state index is 0.146. The Labute approximate surface area is 168 Å². The van der Waals surface area contributed by atoms with Gasteiger partial charge in [-0.25, -0.2) is 0 Å². The van der Waals surface area contributed by atoms with Crippen molar-refractivity contribution in [3.8, 4) is 35.2 Å². The number of methoxy groups -OCH3 is 1. The summed E-state index contributed by atoms with van der Waals surface area (Å²) in [6.07, 6.45) is 8.30. The molecule has 3 aromatic rings. The summed E-state index contributed by atoms with van der Waals surface area (Å²) in [5.41, 5.74) is 2.02. The average molecular weight is 389 g/mol. The number of aromatic nitrogens is 2. The van der Waals surface area contributed by atoms with Crippen LogP contribution >= 0.6 is 0 Å². The standard InChI is InChI=1S/C22H19N3O4/c1-4-13-28-19-11-9-16(14-20(19)27-3)10-12-21(26)24-18-8-6-5-7-17(18)22-23-15(2)29-25-22/h1,5-12,14H,13H2,2-3H3,(H,24,26)/b12-10+. The van der Waals surface area contributed by atoms with Gasteiger partial charge in [-0.3, -0.25) is 4.79 Å². The van der Waals surface area contributed by atoms with Gasteiger partial charge in [-0.15, -0.1) is 6.42 Å². The van der Waals surface area contributed by atoms with E-state index in [-0.39, 0.29) is 12.5 Å². The van der Waals surface area contributed by atoms with Crippen molar-refractivity contribution in [3.05, 3.63) is 60.0 Å². The number of ether oxygens (including phenoxy) is 2. The molecule has 7 heteroatoms. The van der Waals surface area contributed by atoms with E-state index in [0.29, 0.717) is 34.5 Å². The maximum Gasteiger partial charge on any atom is 0.248 e. The number of benzene rings is 2. The molecule has 2 aromatic carbocycles. The van der Waals surface area contributed by atoms with E-state index in [2.05, 4.69) is 21.4 Å². The molecule has 0 bridgehead atoms. The second-order valence-electron chi connectivity index (χ2n) is 5.91. The first-order chi connectivity index (χ1) is 14.1. The number of para-hydroxylation sites is 1. The number of hydrogen-bond acceptors (Lipinski definition) is 6. The predicted molar refractivity (Wildman–Crippen MR) is 109 cm³/mol. The van der Waals surface area contributed by atoms with Crippen molar-refractivity contribution in [2.75, 3.05) is 19.0 Å². The second kappa shape index (κ2) is 9.24. The van der Waals surface area contributed by atoms with E-state index in [1.54, 1.807) is 37.3 Å². The quantitative estimate of drug-likeness (QED) is 0.490. The number of nitrogens with zero attached hydrogens (tertiary/aromatic N) is 2. The zero-order valence-corrected chi connectivity index (χ0v) is 16.0. The highest BCUT2D eigenvalue weighted by Crippen LogP contribution is 2.29. The maximum absolute atomic E-state index is 12.4. The van der Waals surface area contributed by atoms with E-state index in [0.717, 1.165) is 5.56 Å². The maximum atomic E-state index is 12.4. The zero-order chi connectivity index (χ0) is 20.6. The van der Waals surface area contributed by atoms with Crippen LogP contribution in [0.2, 0.25) is 0 Å². The molecule has 146 valence electrons. The van der Waals surface area contributed by atoms with Gasteiger partial charge in [-0.1, -0.05) is 29.3 Å². The van der Waals surface area contributed by atoms with E-state index in [1.165, 1.54) is 13.2 Å². The third kappa shape index (κ3) is 5.02. The molecule has 0 saturated carbocycles. The molecule has 1 aromatic heterocycles. The molecule has 1 amide bonds. The molecule has 7 nitrogen and oxygen atoms in total. The summed E-state index contributed by atoms with van der Waals surface area (Å²) in [5, 5.41) is 6.73. The topological polar surface area (TPSA) is 86.5 Å². The molecule has 0 fully saturated rings. The van der Waals surface area contributed by atoms with Gasteiger partial charge in [0, 0.05) is 18.6 Å².